The topological polar surface area (TPSA) is 105 Å². The first-order valence-corrected chi connectivity index (χ1v) is 11.9. The summed E-state index contributed by atoms with van der Waals surface area (Å²) >= 11 is 6.04. The Labute approximate surface area is 206 Å². The Morgan fingerprint density at radius 1 is 1.20 bits per heavy atom. The molecule has 0 bridgehead atoms. The fraction of sp³-hybridized carbons (Fsp3) is 0.333. The Kier molecular flexibility index (Phi) is 5.62. The number of H-pyrrole nitrogens is 1. The highest BCUT2D eigenvalue weighted by Crippen LogP contribution is 2.30. The zero-order valence-electron chi connectivity index (χ0n) is 19.2. The second kappa shape index (κ2) is 8.94. The number of nitrogens with one attached hydrogen (secondary N) is 1. The summed E-state index contributed by atoms with van der Waals surface area (Å²) in [6.07, 6.45) is 9.21. The number of piperidine rings is 1. The molecule has 6 rings (SSSR count). The minimum Gasteiger partial charge on any atom is -0.481 e. The van der Waals surface area contributed by atoms with E-state index in [0.29, 0.717) is 30.6 Å². The largest absolute Gasteiger partial charge is 0.481 e. The lowest BCUT2D eigenvalue weighted by molar-refractivity contribution is 0.0514. The molecule has 0 unspecified atom stereocenters. The third-order valence-electron chi connectivity index (χ3n) is 6.80. The van der Waals surface area contributed by atoms with Crippen molar-refractivity contribution < 1.29 is 9.53 Å². The smallest absolute Gasteiger partial charge is 0.254 e. The fourth-order valence-electron chi connectivity index (χ4n) is 4.86. The van der Waals surface area contributed by atoms with Gasteiger partial charge in [0.2, 0.25) is 5.88 Å². The van der Waals surface area contributed by atoms with Crippen LogP contribution < -0.4 is 4.74 Å². The standard InChI is InChI=1S/C24H24ClN8O2/c1-35-21-9-15(8-20(25)30-21)24(34)31-6-3-17(4-7-31)32-12-18(13-32)33-11-16(10-29-33)22-19-2-5-26-23(19)28-14-27-22/h2,5,8-11,14,17H,3-4,6-7,12-13H2,1H3,(H,26,27,28). The van der Waals surface area contributed by atoms with Gasteiger partial charge in [-0.15, -0.1) is 0 Å². The number of methoxy groups -OCH3 is 1. The van der Waals surface area contributed by atoms with Crippen molar-refractivity contribution in [3.63, 3.8) is 0 Å². The lowest BCUT2D eigenvalue weighted by Crippen LogP contribution is -2.56. The molecule has 35 heavy (non-hydrogen) atoms. The number of rotatable bonds is 5. The number of hydrogen-bond donors (Lipinski definition) is 1. The molecule has 4 aromatic heterocycles. The van der Waals surface area contributed by atoms with Crippen molar-refractivity contribution in [3.8, 4) is 17.1 Å². The van der Waals surface area contributed by atoms with Crippen LogP contribution in [0.15, 0.2) is 43.1 Å². The number of aromatic nitrogens is 6. The Balaban J connectivity index is 1.05. The summed E-state index contributed by atoms with van der Waals surface area (Å²) in [5.41, 5.74) is 3.18. The van der Waals surface area contributed by atoms with Gasteiger partial charge in [0.25, 0.3) is 5.91 Å². The number of amides is 1. The highest BCUT2D eigenvalue weighted by molar-refractivity contribution is 6.29. The number of ether oxygens (including phenoxy) is 1. The van der Waals surface area contributed by atoms with Crippen molar-refractivity contribution >= 4 is 28.5 Å². The summed E-state index contributed by atoms with van der Waals surface area (Å²) in [6.45, 7) is 3.17. The molecule has 0 saturated carbocycles. The van der Waals surface area contributed by atoms with E-state index >= 15 is 0 Å². The molecule has 0 spiro atoms. The number of halogens is 1. The van der Waals surface area contributed by atoms with Gasteiger partial charge in [-0.3, -0.25) is 14.4 Å². The maximum Gasteiger partial charge on any atom is 0.254 e. The van der Waals surface area contributed by atoms with Crippen LogP contribution in [0.3, 0.4) is 0 Å². The number of nitrogens with zero attached hydrogens (tertiary/aromatic N) is 7. The molecule has 2 aliphatic rings. The first-order valence-electron chi connectivity index (χ1n) is 11.5. The zero-order chi connectivity index (χ0) is 23.9. The fourth-order valence-corrected chi connectivity index (χ4v) is 5.06. The van der Waals surface area contributed by atoms with Crippen molar-refractivity contribution in [2.75, 3.05) is 33.3 Å². The molecular formula is C24H24ClN8O2. The predicted octanol–water partition coefficient (Wildman–Crippen LogP) is 2.88. The van der Waals surface area contributed by atoms with Crippen LogP contribution in [0.1, 0.15) is 23.2 Å². The van der Waals surface area contributed by atoms with Gasteiger partial charge in [-0.1, -0.05) is 11.6 Å². The Hall–Kier alpha value is -3.50. The second-order valence-corrected chi connectivity index (χ2v) is 9.24. The van der Waals surface area contributed by atoms with Crippen LogP contribution in [0.5, 0.6) is 5.88 Å². The van der Waals surface area contributed by atoms with Crippen LogP contribution in [0.2, 0.25) is 5.15 Å². The van der Waals surface area contributed by atoms with E-state index in [9.17, 15) is 4.79 Å². The summed E-state index contributed by atoms with van der Waals surface area (Å²) in [5.74, 6) is 0.311. The van der Waals surface area contributed by atoms with Crippen LogP contribution in [0, 0.1) is 6.04 Å². The molecule has 0 aromatic carbocycles. The summed E-state index contributed by atoms with van der Waals surface area (Å²) in [6, 6.07) is 6.92. The molecule has 4 aromatic rings. The first kappa shape index (κ1) is 22.0. The first-order chi connectivity index (χ1) is 17.1. The molecule has 1 N–H and O–H groups in total. The lowest BCUT2D eigenvalue weighted by Gasteiger charge is -2.46. The lowest BCUT2D eigenvalue weighted by atomic mass is 9.97. The van der Waals surface area contributed by atoms with Crippen LogP contribution in [-0.2, 0) is 0 Å². The van der Waals surface area contributed by atoms with E-state index in [1.807, 2.05) is 34.2 Å². The van der Waals surface area contributed by atoms with E-state index < -0.39 is 0 Å². The average molecular weight is 492 g/mol. The Bertz CT molecular complexity index is 1370. The van der Waals surface area contributed by atoms with Crippen LogP contribution in [0.25, 0.3) is 22.3 Å². The van der Waals surface area contributed by atoms with Gasteiger partial charge in [0.1, 0.15) is 23.2 Å². The number of aromatic amines is 1. The molecule has 11 heteroatoms. The van der Waals surface area contributed by atoms with Gasteiger partial charge in [0.15, 0.2) is 0 Å². The third kappa shape index (κ3) is 4.12. The molecular weight excluding hydrogens is 468 g/mol. The predicted molar refractivity (Wildman–Crippen MR) is 130 cm³/mol. The molecule has 1 radical (unpaired) electrons. The van der Waals surface area contributed by atoms with Crippen molar-refractivity contribution in [1.82, 2.24) is 39.5 Å². The van der Waals surface area contributed by atoms with Crippen molar-refractivity contribution in [3.05, 3.63) is 59.9 Å². The molecule has 2 aliphatic heterocycles. The van der Waals surface area contributed by atoms with E-state index in [0.717, 1.165) is 48.2 Å². The number of pyridine rings is 1. The summed E-state index contributed by atoms with van der Waals surface area (Å²) in [7, 11) is 1.51. The maximum absolute atomic E-state index is 12.9. The molecule has 2 fully saturated rings. The quantitative estimate of drug-likeness (QED) is 0.428. The molecule has 2 saturated heterocycles. The second-order valence-electron chi connectivity index (χ2n) is 8.85. The van der Waals surface area contributed by atoms with Gasteiger partial charge < -0.3 is 14.6 Å². The molecule has 6 heterocycles. The number of fused-ring (bicyclic) bond motifs is 1. The summed E-state index contributed by atoms with van der Waals surface area (Å²) in [5, 5.41) is 5.82. The van der Waals surface area contributed by atoms with Gasteiger partial charge in [0.05, 0.1) is 19.0 Å². The molecule has 179 valence electrons. The highest BCUT2D eigenvalue weighted by atomic mass is 35.5. The Morgan fingerprint density at radius 2 is 2.03 bits per heavy atom. The van der Waals surface area contributed by atoms with Crippen molar-refractivity contribution in [2.24, 2.45) is 0 Å². The highest BCUT2D eigenvalue weighted by Gasteiger charge is 2.37. The van der Waals surface area contributed by atoms with Crippen LogP contribution in [-0.4, -0.2) is 84.8 Å². The van der Waals surface area contributed by atoms with Crippen LogP contribution >= 0.6 is 11.6 Å². The number of carbonyl (C=O) groups is 1. The third-order valence-corrected chi connectivity index (χ3v) is 6.99. The van der Waals surface area contributed by atoms with Crippen molar-refractivity contribution in [1.29, 1.82) is 0 Å². The van der Waals surface area contributed by atoms with E-state index in [-0.39, 0.29) is 11.1 Å². The monoisotopic (exact) mass is 491 g/mol. The summed E-state index contributed by atoms with van der Waals surface area (Å²) < 4.78 is 7.11. The maximum atomic E-state index is 12.9. The van der Waals surface area contributed by atoms with Gasteiger partial charge in [-0.05, 0) is 25.0 Å². The van der Waals surface area contributed by atoms with Gasteiger partial charge >= 0.3 is 0 Å². The number of carbonyl (C=O) groups excluding carboxylic acids is 1. The van der Waals surface area contributed by atoms with Gasteiger partial charge in [0, 0.05) is 67.2 Å². The number of hydrogen-bond acceptors (Lipinski definition) is 7. The minimum absolute atomic E-state index is 0.0350. The summed E-state index contributed by atoms with van der Waals surface area (Å²) in [4.78, 5) is 33.2. The van der Waals surface area contributed by atoms with Gasteiger partial charge in [-0.25, -0.2) is 15.0 Å². The SMILES string of the molecule is COc1cc(C(=O)N2CCC(N3C[C](n4cc(-c5ncnc6[nH]ccc56)cn4)C3)CC2)cc(Cl)n1. The molecule has 0 aliphatic carbocycles. The van der Waals surface area contributed by atoms with E-state index in [4.69, 9.17) is 16.3 Å². The molecule has 10 nitrogen and oxygen atoms in total. The van der Waals surface area contributed by atoms with Crippen LogP contribution in [0.4, 0.5) is 0 Å². The Morgan fingerprint density at radius 3 is 2.83 bits per heavy atom. The van der Waals surface area contributed by atoms with Crippen molar-refractivity contribution in [2.45, 2.75) is 18.9 Å². The normalized spacial score (nSPS) is 17.6. The van der Waals surface area contributed by atoms with Gasteiger partial charge in [-0.2, -0.15) is 5.10 Å². The molecule has 0 atom stereocenters. The van der Waals surface area contributed by atoms with E-state index in [1.165, 1.54) is 13.2 Å². The molecule has 1 amide bonds. The zero-order valence-corrected chi connectivity index (χ0v) is 19.9. The average Bonchev–Trinajstić information content (AvgIpc) is 3.52. The van der Waals surface area contributed by atoms with E-state index in [2.05, 4.69) is 29.9 Å². The number of likely N-dealkylation sites (tertiary alicyclic amines) is 2. The van der Waals surface area contributed by atoms with E-state index in [1.54, 1.807) is 18.5 Å². The minimum atomic E-state index is -0.0350.